The summed E-state index contributed by atoms with van der Waals surface area (Å²) >= 11 is 0. The van der Waals surface area contributed by atoms with E-state index in [0.29, 0.717) is 31.8 Å². The van der Waals surface area contributed by atoms with Crippen LogP contribution >= 0.6 is 0 Å². The molecule has 1 fully saturated rings. The molecule has 34 heavy (non-hydrogen) atoms. The molecule has 2 heterocycles. The van der Waals surface area contributed by atoms with Crippen LogP contribution in [-0.2, 0) is 34.7 Å². The van der Waals surface area contributed by atoms with Gasteiger partial charge in [0.25, 0.3) is 5.91 Å². The van der Waals surface area contributed by atoms with Crippen molar-refractivity contribution in [1.29, 1.82) is 0 Å². The van der Waals surface area contributed by atoms with Crippen LogP contribution in [0, 0.1) is 0 Å². The molecule has 0 aliphatic carbocycles. The molecule has 0 unspecified atom stereocenters. The first kappa shape index (κ1) is 26.0. The van der Waals surface area contributed by atoms with Gasteiger partial charge in [-0.1, -0.05) is 20.8 Å². The average molecular weight is 483 g/mol. The lowest BCUT2D eigenvalue weighted by molar-refractivity contribution is -0.137. The molecule has 7 nitrogen and oxygen atoms in total. The van der Waals surface area contributed by atoms with Crippen LogP contribution in [0.1, 0.15) is 55.2 Å². The standard InChI is InChI=1S/C24H33F3N4O3/c1-23(2,3)20-14-21(31(30(20)4)15-17-7-6-11-34-17)29-22(32)18-13-16(24(25,26)27)8-9-19(18)28-10-12-33-5/h8-9,13-14,17,28H,6-7,10-12,15H2,1-5H3/b29-21+/t17-/m1/s1. The van der Waals surface area contributed by atoms with Crippen LogP contribution in [0.4, 0.5) is 18.9 Å². The number of alkyl halides is 3. The highest BCUT2D eigenvalue weighted by Crippen LogP contribution is 2.32. The Balaban J connectivity index is 2.08. The minimum atomic E-state index is -4.58. The van der Waals surface area contributed by atoms with Crippen LogP contribution in [0.15, 0.2) is 29.3 Å². The minimum absolute atomic E-state index is 0.00435. The molecule has 188 valence electrons. The van der Waals surface area contributed by atoms with Crippen LogP contribution in [0.25, 0.3) is 0 Å². The highest BCUT2D eigenvalue weighted by Gasteiger charge is 2.32. The third-order valence-electron chi connectivity index (χ3n) is 5.83. The van der Waals surface area contributed by atoms with E-state index in [1.807, 2.05) is 22.5 Å². The fraction of sp³-hybridized carbons (Fsp3) is 0.583. The number of halogens is 3. The first-order chi connectivity index (χ1) is 15.9. The number of methoxy groups -OCH3 is 1. The summed E-state index contributed by atoms with van der Waals surface area (Å²) in [5.74, 6) is -0.752. The lowest BCUT2D eigenvalue weighted by atomic mass is 9.92. The van der Waals surface area contributed by atoms with E-state index in [1.54, 1.807) is 0 Å². The third-order valence-corrected chi connectivity index (χ3v) is 5.83. The molecular weight excluding hydrogens is 449 g/mol. The van der Waals surface area contributed by atoms with Gasteiger partial charge in [0.1, 0.15) is 0 Å². The SMILES string of the molecule is COCCNc1ccc(C(F)(F)F)cc1C(=O)/N=c1\cc(C(C)(C)C)n(C)n1C[C@H]1CCCO1. The number of hydrogen-bond donors (Lipinski definition) is 1. The molecule has 1 aromatic carbocycles. The maximum absolute atomic E-state index is 13.4. The highest BCUT2D eigenvalue weighted by atomic mass is 19.4. The van der Waals surface area contributed by atoms with Crippen molar-refractivity contribution in [3.63, 3.8) is 0 Å². The summed E-state index contributed by atoms with van der Waals surface area (Å²) in [5.41, 5.74) is 0.325. The lowest BCUT2D eigenvalue weighted by Gasteiger charge is -2.21. The van der Waals surface area contributed by atoms with Gasteiger partial charge in [-0.2, -0.15) is 18.2 Å². The largest absolute Gasteiger partial charge is 0.416 e. The van der Waals surface area contributed by atoms with Gasteiger partial charge in [-0.3, -0.25) is 14.2 Å². The summed E-state index contributed by atoms with van der Waals surface area (Å²) < 4.78 is 54.7. The van der Waals surface area contributed by atoms with E-state index in [2.05, 4.69) is 31.1 Å². The Kier molecular flexibility index (Phi) is 7.92. The van der Waals surface area contributed by atoms with Crippen molar-refractivity contribution in [2.45, 2.75) is 57.9 Å². The highest BCUT2D eigenvalue weighted by molar-refractivity contribution is 6.00. The predicted molar refractivity (Wildman–Crippen MR) is 123 cm³/mol. The molecule has 1 atom stereocenters. The van der Waals surface area contributed by atoms with Crippen LogP contribution in [0.3, 0.4) is 0 Å². The van der Waals surface area contributed by atoms with E-state index >= 15 is 0 Å². The van der Waals surface area contributed by atoms with E-state index in [1.165, 1.54) is 13.2 Å². The molecule has 1 aliphatic heterocycles. The van der Waals surface area contributed by atoms with Crippen molar-refractivity contribution < 1.29 is 27.4 Å². The van der Waals surface area contributed by atoms with Gasteiger partial charge in [-0.15, -0.1) is 0 Å². The molecule has 1 aromatic heterocycles. The molecule has 1 amide bonds. The minimum Gasteiger partial charge on any atom is -0.383 e. The molecular formula is C24H33F3N4O3. The smallest absolute Gasteiger partial charge is 0.383 e. The number of aromatic nitrogens is 2. The normalized spacial score (nSPS) is 17.4. The van der Waals surface area contributed by atoms with Gasteiger partial charge in [-0.05, 0) is 31.0 Å². The molecule has 3 rings (SSSR count). The van der Waals surface area contributed by atoms with E-state index < -0.39 is 17.6 Å². The number of hydrogen-bond acceptors (Lipinski definition) is 4. The molecule has 0 saturated carbocycles. The van der Waals surface area contributed by atoms with E-state index in [4.69, 9.17) is 9.47 Å². The molecule has 1 aliphatic rings. The van der Waals surface area contributed by atoms with E-state index in [0.717, 1.165) is 30.7 Å². The third kappa shape index (κ3) is 6.09. The number of amides is 1. The Morgan fingerprint density at radius 1 is 1.26 bits per heavy atom. The van der Waals surface area contributed by atoms with Crippen molar-refractivity contribution in [2.24, 2.45) is 12.0 Å². The number of rotatable bonds is 7. The summed E-state index contributed by atoms with van der Waals surface area (Å²) in [5, 5.41) is 2.97. The topological polar surface area (TPSA) is 69.8 Å². The maximum atomic E-state index is 13.4. The van der Waals surface area contributed by atoms with Gasteiger partial charge in [0.05, 0.1) is 30.4 Å². The first-order valence-corrected chi connectivity index (χ1v) is 11.3. The number of anilines is 1. The van der Waals surface area contributed by atoms with Gasteiger partial charge in [0, 0.05) is 50.2 Å². The number of ether oxygens (including phenoxy) is 2. The summed E-state index contributed by atoms with van der Waals surface area (Å²) in [7, 11) is 3.41. The fourth-order valence-electron chi connectivity index (χ4n) is 4.07. The van der Waals surface area contributed by atoms with Crippen LogP contribution in [0.2, 0.25) is 0 Å². The number of nitrogens with one attached hydrogen (secondary N) is 1. The molecule has 1 N–H and O–H groups in total. The molecule has 10 heteroatoms. The second-order valence-corrected chi connectivity index (χ2v) is 9.47. The van der Waals surface area contributed by atoms with Crippen molar-refractivity contribution >= 4 is 11.6 Å². The quantitative estimate of drug-likeness (QED) is 0.603. The summed E-state index contributed by atoms with van der Waals surface area (Å²) in [4.78, 5) is 17.5. The first-order valence-electron chi connectivity index (χ1n) is 11.3. The monoisotopic (exact) mass is 482 g/mol. The second-order valence-electron chi connectivity index (χ2n) is 9.47. The zero-order chi connectivity index (χ0) is 25.1. The summed E-state index contributed by atoms with van der Waals surface area (Å²) in [6.45, 7) is 8.01. The zero-order valence-electron chi connectivity index (χ0n) is 20.3. The van der Waals surface area contributed by atoms with E-state index in [9.17, 15) is 18.0 Å². The Labute approximate surface area is 197 Å². The number of carbonyl (C=O) groups is 1. The van der Waals surface area contributed by atoms with Crippen molar-refractivity contribution in [1.82, 2.24) is 9.36 Å². The number of benzene rings is 1. The van der Waals surface area contributed by atoms with Gasteiger partial charge < -0.3 is 14.8 Å². The number of nitrogens with zero attached hydrogens (tertiary/aromatic N) is 3. The van der Waals surface area contributed by atoms with E-state index in [-0.39, 0.29) is 22.8 Å². The molecule has 0 bridgehead atoms. The Hall–Kier alpha value is -2.59. The van der Waals surface area contributed by atoms with Gasteiger partial charge in [-0.25, -0.2) is 0 Å². The second kappa shape index (κ2) is 10.4. The lowest BCUT2D eigenvalue weighted by Crippen LogP contribution is -2.30. The summed E-state index contributed by atoms with van der Waals surface area (Å²) in [6.07, 6.45) is -2.72. The van der Waals surface area contributed by atoms with Crippen molar-refractivity contribution in [2.75, 3.05) is 32.2 Å². The van der Waals surface area contributed by atoms with Gasteiger partial charge in [0.15, 0.2) is 5.49 Å². The maximum Gasteiger partial charge on any atom is 0.416 e. The van der Waals surface area contributed by atoms with Crippen molar-refractivity contribution in [3.8, 4) is 0 Å². The zero-order valence-corrected chi connectivity index (χ0v) is 20.3. The van der Waals surface area contributed by atoms with Gasteiger partial charge in [0.2, 0.25) is 0 Å². The average Bonchev–Trinajstić information content (AvgIpc) is 3.37. The Bertz CT molecular complexity index is 1070. The molecule has 0 radical (unpaired) electrons. The van der Waals surface area contributed by atoms with Crippen LogP contribution in [0.5, 0.6) is 0 Å². The molecule has 2 aromatic rings. The molecule has 1 saturated heterocycles. The fourth-order valence-corrected chi connectivity index (χ4v) is 4.07. The van der Waals surface area contributed by atoms with Crippen LogP contribution in [-0.4, -0.2) is 48.2 Å². The predicted octanol–water partition coefficient (Wildman–Crippen LogP) is 4.12. The summed E-state index contributed by atoms with van der Waals surface area (Å²) in [6, 6.07) is 4.87. The van der Waals surface area contributed by atoms with Crippen molar-refractivity contribution in [3.05, 3.63) is 46.6 Å². The molecule has 0 spiro atoms. The Morgan fingerprint density at radius 2 is 2.00 bits per heavy atom. The van der Waals surface area contributed by atoms with Gasteiger partial charge >= 0.3 is 6.18 Å². The van der Waals surface area contributed by atoms with Crippen LogP contribution < -0.4 is 10.8 Å². The Morgan fingerprint density at radius 3 is 2.59 bits per heavy atom. The number of carbonyl (C=O) groups excluding carboxylic acids is 1.